The number of carboxylic acid groups (broad SMARTS) is 1. The summed E-state index contributed by atoms with van der Waals surface area (Å²) in [7, 11) is 0. The molecule has 1 amide bonds. The van der Waals surface area contributed by atoms with Crippen LogP contribution < -0.4 is 0 Å². The van der Waals surface area contributed by atoms with Gasteiger partial charge in [-0.3, -0.25) is 4.90 Å². The summed E-state index contributed by atoms with van der Waals surface area (Å²) < 4.78 is 45.3. The normalized spacial score (nSPS) is 24.2. The Kier molecular flexibility index (Phi) is 5.19. The number of benzene rings is 1. The lowest BCUT2D eigenvalue weighted by Gasteiger charge is -2.34. The molecule has 1 aromatic rings. The predicted molar refractivity (Wildman–Crippen MR) is 84.2 cm³/mol. The maximum Gasteiger partial charge on any atom is 0.416 e. The third kappa shape index (κ3) is 4.07. The van der Waals surface area contributed by atoms with Gasteiger partial charge in [0.2, 0.25) is 0 Å². The highest BCUT2D eigenvalue weighted by Gasteiger charge is 2.38. The van der Waals surface area contributed by atoms with Crippen molar-refractivity contribution in [3.05, 3.63) is 35.4 Å². The molecule has 2 saturated heterocycles. The van der Waals surface area contributed by atoms with Gasteiger partial charge in [0.15, 0.2) is 0 Å². The van der Waals surface area contributed by atoms with Crippen molar-refractivity contribution >= 4 is 6.09 Å². The summed E-state index contributed by atoms with van der Waals surface area (Å²) in [6.07, 6.45) is -4.02. The quantitative estimate of drug-likeness (QED) is 0.899. The van der Waals surface area contributed by atoms with E-state index >= 15 is 0 Å². The van der Waals surface area contributed by atoms with E-state index in [1.165, 1.54) is 17.0 Å². The van der Waals surface area contributed by atoms with Gasteiger partial charge in [0.05, 0.1) is 12.2 Å². The van der Waals surface area contributed by atoms with E-state index in [1.807, 2.05) is 4.90 Å². The zero-order valence-electron chi connectivity index (χ0n) is 13.7. The molecule has 0 bridgehead atoms. The van der Waals surface area contributed by atoms with Gasteiger partial charge in [-0.15, -0.1) is 0 Å². The molecule has 0 saturated carbocycles. The molecule has 0 spiro atoms. The monoisotopic (exact) mass is 358 g/mol. The minimum absolute atomic E-state index is 0.0139. The largest absolute Gasteiger partial charge is 0.465 e. The number of hydrogen-bond acceptors (Lipinski definition) is 3. The number of halogens is 3. The lowest BCUT2D eigenvalue weighted by atomic mass is 10.0. The van der Waals surface area contributed by atoms with Crippen LogP contribution in [-0.2, 0) is 17.5 Å². The SMILES string of the molecule is O=C(O)N1CC[C@H](N(Cc2ccccc2C(F)(F)F)C2CCOC2)C1. The molecule has 2 aliphatic heterocycles. The van der Waals surface area contributed by atoms with Crippen LogP contribution in [0.3, 0.4) is 0 Å². The highest BCUT2D eigenvalue weighted by Crippen LogP contribution is 2.34. The van der Waals surface area contributed by atoms with Gasteiger partial charge in [-0.05, 0) is 24.5 Å². The van der Waals surface area contributed by atoms with Crippen LogP contribution in [0, 0.1) is 0 Å². The number of rotatable bonds is 4. The Morgan fingerprint density at radius 1 is 1.28 bits per heavy atom. The number of amides is 1. The van der Waals surface area contributed by atoms with Crippen LogP contribution in [0.25, 0.3) is 0 Å². The van der Waals surface area contributed by atoms with Crippen molar-refractivity contribution in [1.29, 1.82) is 0 Å². The summed E-state index contributed by atoms with van der Waals surface area (Å²) in [6.45, 7) is 1.92. The number of carbonyl (C=O) groups is 1. The summed E-state index contributed by atoms with van der Waals surface area (Å²) >= 11 is 0. The number of hydrogen-bond donors (Lipinski definition) is 1. The average molecular weight is 358 g/mol. The number of likely N-dealkylation sites (tertiary alicyclic amines) is 1. The Hall–Kier alpha value is -1.80. The standard InChI is InChI=1S/C17H21F3N2O3/c18-17(19,20)15-4-2-1-3-12(15)9-22(14-6-8-25-11-14)13-5-7-21(10-13)16(23)24/h1-4,13-14H,5-11H2,(H,23,24)/t13-,14?/m0/s1. The van der Waals surface area contributed by atoms with E-state index in [0.29, 0.717) is 32.7 Å². The van der Waals surface area contributed by atoms with Gasteiger partial charge < -0.3 is 14.7 Å². The van der Waals surface area contributed by atoms with Crippen molar-refractivity contribution in [1.82, 2.24) is 9.80 Å². The first kappa shape index (κ1) is 18.0. The third-order valence-corrected chi connectivity index (χ3v) is 4.95. The minimum Gasteiger partial charge on any atom is -0.465 e. The molecule has 1 aromatic carbocycles. The Morgan fingerprint density at radius 3 is 2.64 bits per heavy atom. The second kappa shape index (κ2) is 7.21. The molecule has 1 N–H and O–H groups in total. The molecule has 0 radical (unpaired) electrons. The molecule has 8 heteroatoms. The molecule has 0 aromatic heterocycles. The van der Waals surface area contributed by atoms with E-state index in [-0.39, 0.29) is 24.2 Å². The van der Waals surface area contributed by atoms with E-state index in [0.717, 1.165) is 12.5 Å². The molecular formula is C17H21F3N2O3. The second-order valence-electron chi connectivity index (χ2n) is 6.52. The first-order valence-corrected chi connectivity index (χ1v) is 8.32. The molecule has 2 aliphatic rings. The van der Waals surface area contributed by atoms with Gasteiger partial charge in [-0.1, -0.05) is 18.2 Å². The zero-order chi connectivity index (χ0) is 18.0. The molecule has 5 nitrogen and oxygen atoms in total. The summed E-state index contributed by atoms with van der Waals surface area (Å²) in [4.78, 5) is 14.5. The lowest BCUT2D eigenvalue weighted by molar-refractivity contribution is -0.138. The topological polar surface area (TPSA) is 53.0 Å². The maximum absolute atomic E-state index is 13.3. The lowest BCUT2D eigenvalue weighted by Crippen LogP contribution is -2.45. The smallest absolute Gasteiger partial charge is 0.416 e. The number of nitrogens with zero attached hydrogens (tertiary/aromatic N) is 2. The van der Waals surface area contributed by atoms with Crippen molar-refractivity contribution < 1.29 is 27.8 Å². The first-order valence-electron chi connectivity index (χ1n) is 8.32. The van der Waals surface area contributed by atoms with Gasteiger partial charge in [-0.25, -0.2) is 4.79 Å². The molecule has 25 heavy (non-hydrogen) atoms. The zero-order valence-corrected chi connectivity index (χ0v) is 13.7. The van der Waals surface area contributed by atoms with Gasteiger partial charge in [-0.2, -0.15) is 13.2 Å². The van der Waals surface area contributed by atoms with Crippen LogP contribution >= 0.6 is 0 Å². The summed E-state index contributed by atoms with van der Waals surface area (Å²) in [5.41, 5.74) is -0.414. The molecule has 2 fully saturated rings. The first-order chi connectivity index (χ1) is 11.9. The number of alkyl halides is 3. The van der Waals surface area contributed by atoms with E-state index in [1.54, 1.807) is 6.07 Å². The molecule has 0 aliphatic carbocycles. The van der Waals surface area contributed by atoms with E-state index < -0.39 is 17.8 Å². The van der Waals surface area contributed by atoms with Crippen molar-refractivity contribution in [2.45, 2.75) is 37.6 Å². The average Bonchev–Trinajstić information content (AvgIpc) is 3.24. The fraction of sp³-hybridized carbons (Fsp3) is 0.588. The van der Waals surface area contributed by atoms with Crippen LogP contribution in [0.1, 0.15) is 24.0 Å². The van der Waals surface area contributed by atoms with Crippen molar-refractivity contribution in [2.75, 3.05) is 26.3 Å². The Balaban J connectivity index is 1.83. The van der Waals surface area contributed by atoms with E-state index in [2.05, 4.69) is 0 Å². The molecule has 1 unspecified atom stereocenters. The second-order valence-corrected chi connectivity index (χ2v) is 6.52. The van der Waals surface area contributed by atoms with Crippen LogP contribution in [0.15, 0.2) is 24.3 Å². The number of ether oxygens (including phenoxy) is 1. The fourth-order valence-corrected chi connectivity index (χ4v) is 3.66. The van der Waals surface area contributed by atoms with Crippen LogP contribution in [0.5, 0.6) is 0 Å². The van der Waals surface area contributed by atoms with Crippen molar-refractivity contribution in [3.63, 3.8) is 0 Å². The summed E-state index contributed by atoms with van der Waals surface area (Å²) in [6, 6.07) is 5.50. The molecule has 3 rings (SSSR count). The molecule has 2 heterocycles. The van der Waals surface area contributed by atoms with Crippen molar-refractivity contribution in [3.8, 4) is 0 Å². The van der Waals surface area contributed by atoms with E-state index in [4.69, 9.17) is 9.84 Å². The summed E-state index contributed by atoms with van der Waals surface area (Å²) in [5.74, 6) is 0. The van der Waals surface area contributed by atoms with Crippen molar-refractivity contribution in [2.24, 2.45) is 0 Å². The van der Waals surface area contributed by atoms with E-state index in [9.17, 15) is 18.0 Å². The highest BCUT2D eigenvalue weighted by molar-refractivity contribution is 5.65. The third-order valence-electron chi connectivity index (χ3n) is 4.95. The van der Waals surface area contributed by atoms with Gasteiger partial charge >= 0.3 is 12.3 Å². The fourth-order valence-electron chi connectivity index (χ4n) is 3.66. The molecule has 138 valence electrons. The predicted octanol–water partition coefficient (Wildman–Crippen LogP) is 3.05. The Labute approximate surface area is 144 Å². The molecular weight excluding hydrogens is 337 g/mol. The summed E-state index contributed by atoms with van der Waals surface area (Å²) in [5, 5.41) is 9.15. The van der Waals surface area contributed by atoms with Crippen LogP contribution in [0.2, 0.25) is 0 Å². The van der Waals surface area contributed by atoms with Crippen LogP contribution in [0.4, 0.5) is 18.0 Å². The van der Waals surface area contributed by atoms with Crippen LogP contribution in [-0.4, -0.2) is 59.4 Å². The van der Waals surface area contributed by atoms with Gasteiger partial charge in [0.1, 0.15) is 0 Å². The Bertz CT molecular complexity index is 617. The Morgan fingerprint density at radius 2 is 2.04 bits per heavy atom. The maximum atomic E-state index is 13.3. The highest BCUT2D eigenvalue weighted by atomic mass is 19.4. The van der Waals surface area contributed by atoms with Gasteiger partial charge in [0, 0.05) is 38.3 Å². The minimum atomic E-state index is -4.41. The molecule has 2 atom stereocenters. The van der Waals surface area contributed by atoms with Gasteiger partial charge in [0.25, 0.3) is 0 Å².